The summed E-state index contributed by atoms with van der Waals surface area (Å²) >= 11 is 0.862. The van der Waals surface area contributed by atoms with Gasteiger partial charge < -0.3 is 20.9 Å². The summed E-state index contributed by atoms with van der Waals surface area (Å²) in [5, 5.41) is 0. The zero-order valence-electron chi connectivity index (χ0n) is 11.6. The fraction of sp³-hybridized carbons (Fsp3) is 0.500. The topological polar surface area (TPSA) is 105 Å². The van der Waals surface area contributed by atoms with Gasteiger partial charge in [0.1, 0.15) is 9.81 Å². The van der Waals surface area contributed by atoms with Crippen LogP contribution in [-0.4, -0.2) is 25.2 Å². The lowest BCUT2D eigenvalue weighted by Crippen LogP contribution is -2.15. The number of carbonyl (C=O) groups is 2. The van der Waals surface area contributed by atoms with Crippen molar-refractivity contribution in [3.63, 3.8) is 0 Å². The SMILES string of the molecule is CCOC(=O)C(SC(C(=O)OCC)=C(C)N)=C(C)N. The first kappa shape index (κ1) is 17.4. The van der Waals surface area contributed by atoms with Gasteiger partial charge in [-0.25, -0.2) is 9.59 Å². The molecule has 0 aromatic heterocycles. The van der Waals surface area contributed by atoms with Crippen molar-refractivity contribution in [2.45, 2.75) is 27.7 Å². The molecule has 0 aromatic carbocycles. The minimum Gasteiger partial charge on any atom is -0.462 e. The number of carbonyl (C=O) groups excluding carboxylic acids is 2. The molecule has 0 bridgehead atoms. The van der Waals surface area contributed by atoms with E-state index in [9.17, 15) is 9.59 Å². The summed E-state index contributed by atoms with van der Waals surface area (Å²) in [5.74, 6) is -1.17. The number of thioether (sulfide) groups is 1. The van der Waals surface area contributed by atoms with Crippen LogP contribution in [0.3, 0.4) is 0 Å². The Morgan fingerprint density at radius 2 is 1.21 bits per heavy atom. The lowest BCUT2D eigenvalue weighted by atomic mass is 10.4. The number of nitrogens with two attached hydrogens (primary N) is 2. The van der Waals surface area contributed by atoms with Crippen LogP contribution >= 0.6 is 11.8 Å². The fourth-order valence-corrected chi connectivity index (χ4v) is 1.87. The molecule has 0 radical (unpaired) electrons. The highest BCUT2D eigenvalue weighted by atomic mass is 32.2. The fourth-order valence-electron chi connectivity index (χ4n) is 1.06. The van der Waals surface area contributed by atoms with Crippen molar-refractivity contribution in [2.24, 2.45) is 11.5 Å². The molecule has 0 saturated heterocycles. The molecule has 0 fully saturated rings. The zero-order chi connectivity index (χ0) is 15.0. The first-order chi connectivity index (χ1) is 8.84. The Kier molecular flexibility index (Phi) is 7.74. The van der Waals surface area contributed by atoms with Gasteiger partial charge in [-0.2, -0.15) is 0 Å². The number of ether oxygens (including phenoxy) is 2. The maximum Gasteiger partial charge on any atom is 0.346 e. The van der Waals surface area contributed by atoms with Crippen LogP contribution in [0.4, 0.5) is 0 Å². The van der Waals surface area contributed by atoms with Gasteiger partial charge in [-0.05, 0) is 27.7 Å². The van der Waals surface area contributed by atoms with Crippen LogP contribution < -0.4 is 11.5 Å². The van der Waals surface area contributed by atoms with Crippen molar-refractivity contribution in [1.82, 2.24) is 0 Å². The second-order valence-corrected chi connectivity index (χ2v) is 4.59. The Bertz CT molecular complexity index is 370. The van der Waals surface area contributed by atoms with E-state index in [2.05, 4.69) is 0 Å². The Hall–Kier alpha value is -1.63. The molecule has 19 heavy (non-hydrogen) atoms. The van der Waals surface area contributed by atoms with E-state index in [1.165, 1.54) is 0 Å². The van der Waals surface area contributed by atoms with Crippen LogP contribution in [0.5, 0.6) is 0 Å². The van der Waals surface area contributed by atoms with Crippen LogP contribution in [0.2, 0.25) is 0 Å². The van der Waals surface area contributed by atoms with E-state index < -0.39 is 11.9 Å². The maximum absolute atomic E-state index is 11.7. The van der Waals surface area contributed by atoms with Gasteiger partial charge in [0, 0.05) is 11.4 Å². The van der Waals surface area contributed by atoms with Crippen molar-refractivity contribution in [1.29, 1.82) is 0 Å². The summed E-state index contributed by atoms with van der Waals surface area (Å²) in [6.45, 7) is 6.90. The molecule has 0 aliphatic heterocycles. The molecule has 0 amide bonds. The number of allylic oxidation sites excluding steroid dienone is 2. The van der Waals surface area contributed by atoms with Crippen LogP contribution in [0.25, 0.3) is 0 Å². The van der Waals surface area contributed by atoms with Gasteiger partial charge >= 0.3 is 11.9 Å². The molecule has 0 rings (SSSR count). The molecule has 0 aliphatic carbocycles. The van der Waals surface area contributed by atoms with Crippen molar-refractivity contribution >= 4 is 23.7 Å². The van der Waals surface area contributed by atoms with E-state index in [0.29, 0.717) is 0 Å². The molecule has 108 valence electrons. The molecule has 0 heterocycles. The van der Waals surface area contributed by atoms with Gasteiger partial charge in [-0.1, -0.05) is 11.8 Å². The highest BCUT2D eigenvalue weighted by Gasteiger charge is 2.22. The molecule has 6 nitrogen and oxygen atoms in total. The van der Waals surface area contributed by atoms with E-state index in [1.807, 2.05) is 0 Å². The normalized spacial score (nSPS) is 13.3. The Balaban J connectivity index is 5.23. The highest BCUT2D eigenvalue weighted by Crippen LogP contribution is 2.30. The van der Waals surface area contributed by atoms with Crippen LogP contribution in [0.15, 0.2) is 21.2 Å². The standard InChI is InChI=1S/C12H20N2O4S/c1-5-17-11(15)9(7(3)13)19-10(8(4)14)12(16)18-6-2/h5-6,13-14H2,1-4H3. The second kappa shape index (κ2) is 8.47. The van der Waals surface area contributed by atoms with Crippen LogP contribution in [-0.2, 0) is 19.1 Å². The predicted octanol–water partition coefficient (Wildman–Crippen LogP) is 1.23. The summed E-state index contributed by atoms with van der Waals surface area (Å²) < 4.78 is 9.74. The third-order valence-corrected chi connectivity index (χ3v) is 3.23. The lowest BCUT2D eigenvalue weighted by molar-refractivity contribution is -0.138. The number of esters is 2. The molecule has 0 spiro atoms. The summed E-state index contributed by atoms with van der Waals surface area (Å²) in [7, 11) is 0. The van der Waals surface area contributed by atoms with Gasteiger partial charge in [0.15, 0.2) is 0 Å². The average molecular weight is 288 g/mol. The van der Waals surface area contributed by atoms with E-state index in [0.717, 1.165) is 11.8 Å². The van der Waals surface area contributed by atoms with E-state index in [4.69, 9.17) is 20.9 Å². The maximum atomic E-state index is 11.7. The minimum atomic E-state index is -0.587. The highest BCUT2D eigenvalue weighted by molar-refractivity contribution is 8.08. The number of hydrogen-bond donors (Lipinski definition) is 2. The van der Waals surface area contributed by atoms with Crippen molar-refractivity contribution < 1.29 is 19.1 Å². The lowest BCUT2D eigenvalue weighted by Gasteiger charge is -2.11. The number of rotatable bonds is 6. The third kappa shape index (κ3) is 5.69. The summed E-state index contributed by atoms with van der Waals surface area (Å²) in [6.07, 6.45) is 0. The molecule has 7 heteroatoms. The quantitative estimate of drug-likeness (QED) is 0.559. The Labute approximate surface area is 117 Å². The smallest absolute Gasteiger partial charge is 0.346 e. The monoisotopic (exact) mass is 288 g/mol. The third-order valence-electron chi connectivity index (χ3n) is 1.84. The Morgan fingerprint density at radius 3 is 1.42 bits per heavy atom. The van der Waals surface area contributed by atoms with Gasteiger partial charge in [-0.3, -0.25) is 0 Å². The molecular formula is C12H20N2O4S. The summed E-state index contributed by atoms with van der Waals surface area (Å²) in [5.41, 5.74) is 11.8. The van der Waals surface area contributed by atoms with Gasteiger partial charge in [0.25, 0.3) is 0 Å². The second-order valence-electron chi connectivity index (χ2n) is 3.57. The van der Waals surface area contributed by atoms with Gasteiger partial charge in [0.2, 0.25) is 0 Å². The van der Waals surface area contributed by atoms with Gasteiger partial charge in [0.05, 0.1) is 13.2 Å². The van der Waals surface area contributed by atoms with Crippen LogP contribution in [0, 0.1) is 0 Å². The average Bonchev–Trinajstić information content (AvgIpc) is 2.29. The molecule has 4 N–H and O–H groups in total. The zero-order valence-corrected chi connectivity index (χ0v) is 12.4. The molecule has 0 aliphatic rings. The number of hydrogen-bond acceptors (Lipinski definition) is 7. The first-order valence-corrected chi connectivity index (χ1v) is 6.61. The van der Waals surface area contributed by atoms with E-state index in [1.54, 1.807) is 27.7 Å². The van der Waals surface area contributed by atoms with Crippen molar-refractivity contribution in [3.05, 3.63) is 21.2 Å². The van der Waals surface area contributed by atoms with E-state index >= 15 is 0 Å². The largest absolute Gasteiger partial charge is 0.462 e. The summed E-state index contributed by atoms with van der Waals surface area (Å²) in [4.78, 5) is 23.7. The molecule has 0 aromatic rings. The molecular weight excluding hydrogens is 268 g/mol. The first-order valence-electron chi connectivity index (χ1n) is 5.79. The van der Waals surface area contributed by atoms with Crippen molar-refractivity contribution in [3.8, 4) is 0 Å². The predicted molar refractivity (Wildman–Crippen MR) is 74.6 cm³/mol. The van der Waals surface area contributed by atoms with Crippen molar-refractivity contribution in [2.75, 3.05) is 13.2 Å². The minimum absolute atomic E-state index is 0.134. The summed E-state index contributed by atoms with van der Waals surface area (Å²) in [6, 6.07) is 0. The van der Waals surface area contributed by atoms with Crippen LogP contribution in [0.1, 0.15) is 27.7 Å². The van der Waals surface area contributed by atoms with Gasteiger partial charge in [-0.15, -0.1) is 0 Å². The Morgan fingerprint density at radius 1 is 0.895 bits per heavy atom. The molecule has 0 saturated carbocycles. The molecule has 0 unspecified atom stereocenters. The molecule has 0 atom stereocenters. The van der Waals surface area contributed by atoms with E-state index in [-0.39, 0.29) is 34.4 Å².